The number of nitrogens with one attached hydrogen (secondary N) is 1. The van der Waals surface area contributed by atoms with Crippen LogP contribution in [0.5, 0.6) is 5.75 Å². The Kier molecular flexibility index (Phi) is 3.07. The molecule has 92 valence electrons. The summed E-state index contributed by atoms with van der Waals surface area (Å²) in [7, 11) is 0. The van der Waals surface area contributed by atoms with Crippen LogP contribution in [0.1, 0.15) is 32.3 Å². The Morgan fingerprint density at radius 1 is 1.41 bits per heavy atom. The third kappa shape index (κ3) is 2.58. The fourth-order valence-corrected chi connectivity index (χ4v) is 1.96. The van der Waals surface area contributed by atoms with Gasteiger partial charge in [0.05, 0.1) is 11.5 Å². The van der Waals surface area contributed by atoms with E-state index in [1.807, 2.05) is 39.0 Å². The van der Waals surface area contributed by atoms with E-state index in [0.717, 1.165) is 17.1 Å². The quantitative estimate of drug-likeness (QED) is 0.337. The fourth-order valence-electron chi connectivity index (χ4n) is 1.96. The van der Waals surface area contributed by atoms with E-state index in [4.69, 9.17) is 10.6 Å². The maximum absolute atomic E-state index is 5.63. The van der Waals surface area contributed by atoms with Crippen molar-refractivity contribution in [1.29, 1.82) is 0 Å². The highest BCUT2D eigenvalue weighted by Crippen LogP contribution is 2.34. The molecular weight excluding hydrogens is 214 g/mol. The van der Waals surface area contributed by atoms with Crippen molar-refractivity contribution in [2.75, 3.05) is 6.61 Å². The Balaban J connectivity index is 2.33. The van der Waals surface area contributed by atoms with Crippen LogP contribution in [0, 0.1) is 0 Å². The summed E-state index contributed by atoms with van der Waals surface area (Å²) in [6, 6.07) is 8.01. The molecule has 1 heterocycles. The Labute approximate surface area is 102 Å². The molecule has 1 atom stereocenters. The van der Waals surface area contributed by atoms with Crippen molar-refractivity contribution in [3.05, 3.63) is 29.8 Å². The van der Waals surface area contributed by atoms with Crippen molar-refractivity contribution in [3.63, 3.8) is 0 Å². The number of nitrogens with two attached hydrogens (primary N) is 1. The molecule has 2 rings (SSSR count). The molecule has 4 nitrogen and oxygen atoms in total. The number of aliphatic imine (C=N–C) groups is 1. The van der Waals surface area contributed by atoms with Crippen LogP contribution in [0.2, 0.25) is 0 Å². The van der Waals surface area contributed by atoms with Crippen LogP contribution < -0.4 is 16.0 Å². The van der Waals surface area contributed by atoms with Crippen LogP contribution in [0.25, 0.3) is 0 Å². The number of fused-ring (bicyclic) bond motifs is 1. The Hall–Kier alpha value is -1.55. The van der Waals surface area contributed by atoms with Crippen LogP contribution in [-0.2, 0) is 0 Å². The number of benzene rings is 1. The lowest BCUT2D eigenvalue weighted by molar-refractivity contribution is 0.347. The monoisotopic (exact) mass is 233 g/mol. The van der Waals surface area contributed by atoms with Gasteiger partial charge in [0.2, 0.25) is 0 Å². The Bertz CT molecular complexity index is 435. The van der Waals surface area contributed by atoms with Gasteiger partial charge in [-0.2, -0.15) is 0 Å². The lowest BCUT2D eigenvalue weighted by atomic mass is 9.99. The molecule has 0 spiro atoms. The first kappa shape index (κ1) is 11.9. The normalized spacial score (nSPS) is 19.8. The van der Waals surface area contributed by atoms with Gasteiger partial charge in [-0.25, -0.2) is 5.84 Å². The molecule has 1 unspecified atom stereocenters. The molecule has 3 N–H and O–H groups in total. The van der Waals surface area contributed by atoms with Gasteiger partial charge in [-0.05, 0) is 26.8 Å². The van der Waals surface area contributed by atoms with Crippen LogP contribution in [0.3, 0.4) is 0 Å². The van der Waals surface area contributed by atoms with Crippen molar-refractivity contribution in [1.82, 2.24) is 5.43 Å². The molecule has 1 aliphatic heterocycles. The summed E-state index contributed by atoms with van der Waals surface area (Å²) in [5.74, 6) is 7.39. The van der Waals surface area contributed by atoms with Gasteiger partial charge in [-0.15, -0.1) is 0 Å². The topological polar surface area (TPSA) is 59.6 Å². The summed E-state index contributed by atoms with van der Waals surface area (Å²) in [5.41, 5.74) is 3.70. The van der Waals surface area contributed by atoms with Crippen LogP contribution >= 0.6 is 0 Å². The second-order valence-electron chi connectivity index (χ2n) is 5.21. The standard InChI is InChI=1S/C13H19N3O/c1-13(2,3)15-12(16-14)10-8-17-11-7-5-4-6-9(10)11/h4-7,10H,8,14H2,1-3H3,(H,15,16). The molecule has 0 aromatic heterocycles. The second kappa shape index (κ2) is 4.37. The van der Waals surface area contributed by atoms with Crippen molar-refractivity contribution < 1.29 is 4.74 Å². The first-order valence-electron chi connectivity index (χ1n) is 5.79. The van der Waals surface area contributed by atoms with Gasteiger partial charge in [0.15, 0.2) is 0 Å². The Morgan fingerprint density at radius 2 is 2.12 bits per heavy atom. The third-order valence-electron chi connectivity index (χ3n) is 2.63. The number of rotatable bonds is 1. The molecule has 0 fully saturated rings. The van der Waals surface area contributed by atoms with Crippen molar-refractivity contribution >= 4 is 5.84 Å². The minimum absolute atomic E-state index is 0.107. The fraction of sp³-hybridized carbons (Fsp3) is 0.462. The number of para-hydroxylation sites is 1. The smallest absolute Gasteiger partial charge is 0.123 e. The molecule has 0 saturated carbocycles. The number of hydrogen-bond donors (Lipinski definition) is 2. The number of nitrogens with zero attached hydrogens (tertiary/aromatic N) is 1. The lowest BCUT2D eigenvalue weighted by Gasteiger charge is -2.19. The number of hydrogen-bond acceptors (Lipinski definition) is 3. The first-order chi connectivity index (χ1) is 8.01. The molecule has 0 saturated heterocycles. The van der Waals surface area contributed by atoms with E-state index in [0.29, 0.717) is 6.61 Å². The zero-order valence-electron chi connectivity index (χ0n) is 10.5. The molecule has 4 heteroatoms. The summed E-state index contributed by atoms with van der Waals surface area (Å²) < 4.78 is 5.63. The number of hydrazine groups is 1. The van der Waals surface area contributed by atoms with Crippen LogP contribution in [0.15, 0.2) is 29.3 Å². The van der Waals surface area contributed by atoms with Crippen LogP contribution in [0.4, 0.5) is 0 Å². The van der Waals surface area contributed by atoms with Gasteiger partial charge in [0.25, 0.3) is 0 Å². The SMILES string of the molecule is CC(C)(C)N=C(NN)C1COc2ccccc21. The number of amidine groups is 1. The van der Waals surface area contributed by atoms with Crippen molar-refractivity contribution in [3.8, 4) is 5.75 Å². The van der Waals surface area contributed by atoms with Crippen molar-refractivity contribution in [2.45, 2.75) is 32.2 Å². The predicted molar refractivity (Wildman–Crippen MR) is 69.2 cm³/mol. The summed E-state index contributed by atoms with van der Waals surface area (Å²) in [6.45, 7) is 6.74. The molecule has 17 heavy (non-hydrogen) atoms. The minimum atomic E-state index is -0.154. The van der Waals surface area contributed by atoms with Gasteiger partial charge in [-0.1, -0.05) is 18.2 Å². The summed E-state index contributed by atoms with van der Waals surface area (Å²) in [5, 5.41) is 0. The van der Waals surface area contributed by atoms with Gasteiger partial charge in [-0.3, -0.25) is 4.99 Å². The van der Waals surface area contributed by atoms with Gasteiger partial charge >= 0.3 is 0 Å². The molecule has 0 amide bonds. The van der Waals surface area contributed by atoms with E-state index < -0.39 is 0 Å². The zero-order valence-corrected chi connectivity index (χ0v) is 10.5. The van der Waals surface area contributed by atoms with E-state index in [1.165, 1.54) is 0 Å². The summed E-state index contributed by atoms with van der Waals surface area (Å²) in [6.07, 6.45) is 0. The second-order valence-corrected chi connectivity index (χ2v) is 5.21. The maximum Gasteiger partial charge on any atom is 0.123 e. The van der Waals surface area contributed by atoms with E-state index in [9.17, 15) is 0 Å². The van der Waals surface area contributed by atoms with E-state index in [2.05, 4.69) is 16.5 Å². The molecule has 1 aromatic carbocycles. The molecule has 0 bridgehead atoms. The summed E-state index contributed by atoms with van der Waals surface area (Å²) in [4.78, 5) is 4.61. The molecule has 0 aliphatic carbocycles. The molecule has 1 aliphatic rings. The molecule has 0 radical (unpaired) electrons. The van der Waals surface area contributed by atoms with Crippen LogP contribution in [-0.4, -0.2) is 18.0 Å². The Morgan fingerprint density at radius 3 is 2.76 bits per heavy atom. The largest absolute Gasteiger partial charge is 0.492 e. The predicted octanol–water partition coefficient (Wildman–Crippen LogP) is 1.82. The highest BCUT2D eigenvalue weighted by molar-refractivity contribution is 5.90. The average Bonchev–Trinajstić information content (AvgIpc) is 2.68. The lowest BCUT2D eigenvalue weighted by Crippen LogP contribution is -2.37. The average molecular weight is 233 g/mol. The first-order valence-corrected chi connectivity index (χ1v) is 5.79. The molecular formula is C13H19N3O. The van der Waals surface area contributed by atoms with Gasteiger partial charge < -0.3 is 10.2 Å². The van der Waals surface area contributed by atoms with E-state index in [1.54, 1.807) is 0 Å². The summed E-state index contributed by atoms with van der Waals surface area (Å²) >= 11 is 0. The van der Waals surface area contributed by atoms with E-state index in [-0.39, 0.29) is 11.5 Å². The highest BCUT2D eigenvalue weighted by Gasteiger charge is 2.29. The minimum Gasteiger partial charge on any atom is -0.492 e. The zero-order chi connectivity index (χ0) is 12.5. The molecule has 1 aromatic rings. The maximum atomic E-state index is 5.63. The third-order valence-corrected chi connectivity index (χ3v) is 2.63. The number of ether oxygens (including phenoxy) is 1. The van der Waals surface area contributed by atoms with Gasteiger partial charge in [0, 0.05) is 5.56 Å². The highest BCUT2D eigenvalue weighted by atomic mass is 16.5. The van der Waals surface area contributed by atoms with Crippen molar-refractivity contribution in [2.24, 2.45) is 10.8 Å². The van der Waals surface area contributed by atoms with Gasteiger partial charge in [0.1, 0.15) is 18.2 Å². The van der Waals surface area contributed by atoms with E-state index >= 15 is 0 Å².